The second-order valence-electron chi connectivity index (χ2n) is 12.0. The summed E-state index contributed by atoms with van der Waals surface area (Å²) >= 11 is 0. The molecule has 0 fully saturated rings. The van der Waals surface area contributed by atoms with Crippen molar-refractivity contribution in [1.82, 2.24) is 16.0 Å². The number of carbonyl (C=O) groups is 4. The number of hydrogen-bond acceptors (Lipinski definition) is 6. The summed E-state index contributed by atoms with van der Waals surface area (Å²) in [7, 11) is 0. The summed E-state index contributed by atoms with van der Waals surface area (Å²) < 4.78 is 10.7. The van der Waals surface area contributed by atoms with Gasteiger partial charge in [0.25, 0.3) is 0 Å². The van der Waals surface area contributed by atoms with Crippen LogP contribution in [0.4, 0.5) is 15.3 Å². The summed E-state index contributed by atoms with van der Waals surface area (Å²) in [4.78, 5) is 51.9. The average Bonchev–Trinajstić information content (AvgIpc) is 3.03. The van der Waals surface area contributed by atoms with E-state index in [-0.39, 0.29) is 18.9 Å². The van der Waals surface area contributed by atoms with Crippen LogP contribution in [0.25, 0.3) is 0 Å². The normalized spacial score (nSPS) is 12.3. The van der Waals surface area contributed by atoms with Gasteiger partial charge in [-0.3, -0.25) is 9.59 Å². The Balaban J connectivity index is 1.69. The van der Waals surface area contributed by atoms with Gasteiger partial charge in [-0.05, 0) is 75.3 Å². The van der Waals surface area contributed by atoms with E-state index in [0.29, 0.717) is 31.5 Å². The zero-order chi connectivity index (χ0) is 33.4. The lowest BCUT2D eigenvalue weighted by atomic mass is 10.0. The van der Waals surface area contributed by atoms with E-state index in [9.17, 15) is 19.2 Å². The summed E-state index contributed by atoms with van der Waals surface area (Å²) in [5.74, 6) is -0.906. The van der Waals surface area contributed by atoms with Crippen molar-refractivity contribution in [3.8, 4) is 0 Å². The topological polar surface area (TPSA) is 135 Å². The molecule has 0 heterocycles. The molecule has 10 heteroatoms. The standard InChI is InChI=1S/C36H46N4O6/c1-5-26-19-21-29(22-20-26)38-32(41)30(18-12-13-23-37-34(43)46-36(2,3)4)39-33(42)31(24-27-14-8-6-9-15-27)40-35(44)45-25-28-16-10-7-11-17-28/h6-11,14-17,19-22,30-31H,5,12-13,18,23-25H2,1-4H3,(H,37,43)(H,38,41)(H,39,42)(H,40,44). The van der Waals surface area contributed by atoms with Crippen molar-refractivity contribution in [2.75, 3.05) is 11.9 Å². The molecule has 0 aliphatic carbocycles. The van der Waals surface area contributed by atoms with Crippen LogP contribution in [0.2, 0.25) is 0 Å². The highest BCUT2D eigenvalue weighted by molar-refractivity contribution is 5.98. The SMILES string of the molecule is CCc1ccc(NC(=O)C(CCCCNC(=O)OC(C)(C)C)NC(=O)C(Cc2ccccc2)NC(=O)OCc2ccccc2)cc1. The first-order valence-corrected chi connectivity index (χ1v) is 15.7. The first-order valence-electron chi connectivity index (χ1n) is 15.7. The third-order valence-electron chi connectivity index (χ3n) is 6.95. The minimum absolute atomic E-state index is 0.0472. The second-order valence-corrected chi connectivity index (χ2v) is 12.0. The molecule has 3 aromatic carbocycles. The van der Waals surface area contributed by atoms with Crippen molar-refractivity contribution >= 4 is 29.7 Å². The largest absolute Gasteiger partial charge is 0.445 e. The van der Waals surface area contributed by atoms with E-state index in [4.69, 9.17) is 9.47 Å². The number of nitrogens with one attached hydrogen (secondary N) is 4. The minimum atomic E-state index is -1.00. The van der Waals surface area contributed by atoms with Gasteiger partial charge < -0.3 is 30.7 Å². The van der Waals surface area contributed by atoms with Crippen molar-refractivity contribution in [2.45, 2.75) is 84.1 Å². The molecule has 0 radical (unpaired) electrons. The second kappa shape index (κ2) is 18.2. The molecule has 0 aromatic heterocycles. The van der Waals surface area contributed by atoms with Gasteiger partial charge in [0.1, 0.15) is 24.3 Å². The van der Waals surface area contributed by atoms with Gasteiger partial charge in [-0.15, -0.1) is 0 Å². The Kier molecular flexibility index (Phi) is 14.1. The summed E-state index contributed by atoms with van der Waals surface area (Å²) in [6.45, 7) is 7.81. The summed E-state index contributed by atoms with van der Waals surface area (Å²) in [6, 6.07) is 24.1. The molecule has 0 bridgehead atoms. The lowest BCUT2D eigenvalue weighted by molar-refractivity contribution is -0.128. The Labute approximate surface area is 271 Å². The first kappa shape index (κ1) is 35.6. The Morgan fingerprint density at radius 3 is 1.93 bits per heavy atom. The molecule has 0 aliphatic rings. The zero-order valence-corrected chi connectivity index (χ0v) is 27.1. The number of anilines is 1. The molecule has 4 amide bonds. The Morgan fingerprint density at radius 1 is 0.696 bits per heavy atom. The molecular weight excluding hydrogens is 584 g/mol. The van der Waals surface area contributed by atoms with Gasteiger partial charge in [0.2, 0.25) is 11.8 Å². The van der Waals surface area contributed by atoms with Gasteiger partial charge in [0, 0.05) is 18.7 Å². The molecular formula is C36H46N4O6. The smallest absolute Gasteiger partial charge is 0.408 e. The highest BCUT2D eigenvalue weighted by Crippen LogP contribution is 2.13. The number of ether oxygens (including phenoxy) is 2. The molecule has 0 spiro atoms. The van der Waals surface area contributed by atoms with Crippen LogP contribution in [0.5, 0.6) is 0 Å². The van der Waals surface area contributed by atoms with Gasteiger partial charge in [-0.1, -0.05) is 79.7 Å². The zero-order valence-electron chi connectivity index (χ0n) is 27.1. The van der Waals surface area contributed by atoms with E-state index >= 15 is 0 Å². The van der Waals surface area contributed by atoms with Crippen molar-refractivity contribution in [2.24, 2.45) is 0 Å². The number of alkyl carbamates (subject to hydrolysis) is 2. The van der Waals surface area contributed by atoms with Crippen molar-refractivity contribution in [3.05, 3.63) is 102 Å². The number of unbranched alkanes of at least 4 members (excludes halogenated alkanes) is 1. The lowest BCUT2D eigenvalue weighted by Crippen LogP contribution is -2.53. The number of benzene rings is 3. The van der Waals surface area contributed by atoms with Gasteiger partial charge in [0.15, 0.2) is 0 Å². The molecule has 2 unspecified atom stereocenters. The number of rotatable bonds is 15. The van der Waals surface area contributed by atoms with E-state index in [1.807, 2.05) is 91.9 Å². The highest BCUT2D eigenvalue weighted by atomic mass is 16.6. The van der Waals surface area contributed by atoms with E-state index in [2.05, 4.69) is 21.3 Å². The fourth-order valence-corrected chi connectivity index (χ4v) is 4.54. The Hall–Kier alpha value is -4.86. The lowest BCUT2D eigenvalue weighted by Gasteiger charge is -2.23. The summed E-state index contributed by atoms with van der Waals surface area (Å²) in [6.07, 6.45) is 1.19. The minimum Gasteiger partial charge on any atom is -0.445 e. The molecule has 10 nitrogen and oxygen atoms in total. The van der Waals surface area contributed by atoms with Crippen LogP contribution in [0, 0.1) is 0 Å². The molecule has 2 atom stereocenters. The first-order chi connectivity index (χ1) is 22.0. The van der Waals surface area contributed by atoms with Crippen molar-refractivity contribution in [3.63, 3.8) is 0 Å². The van der Waals surface area contributed by atoms with E-state index < -0.39 is 35.8 Å². The summed E-state index contributed by atoms with van der Waals surface area (Å²) in [5, 5.41) is 11.1. The molecule has 0 saturated carbocycles. The van der Waals surface area contributed by atoms with Gasteiger partial charge in [0.05, 0.1) is 0 Å². The van der Waals surface area contributed by atoms with Crippen LogP contribution in [0.15, 0.2) is 84.9 Å². The Bertz CT molecular complexity index is 1390. The predicted octanol–water partition coefficient (Wildman–Crippen LogP) is 5.91. The van der Waals surface area contributed by atoms with Crippen LogP contribution < -0.4 is 21.3 Å². The number of carbonyl (C=O) groups excluding carboxylic acids is 4. The number of aryl methyl sites for hydroxylation is 1. The van der Waals surface area contributed by atoms with Gasteiger partial charge >= 0.3 is 12.2 Å². The third kappa shape index (κ3) is 13.4. The molecule has 246 valence electrons. The average molecular weight is 631 g/mol. The van der Waals surface area contributed by atoms with E-state index in [0.717, 1.165) is 23.1 Å². The maximum absolute atomic E-state index is 13.7. The van der Waals surface area contributed by atoms with Gasteiger partial charge in [-0.25, -0.2) is 9.59 Å². The van der Waals surface area contributed by atoms with Crippen LogP contribution >= 0.6 is 0 Å². The van der Waals surface area contributed by atoms with Crippen LogP contribution in [-0.2, 0) is 38.5 Å². The van der Waals surface area contributed by atoms with Crippen LogP contribution in [-0.4, -0.2) is 48.2 Å². The molecule has 0 aliphatic heterocycles. The maximum atomic E-state index is 13.7. The predicted molar refractivity (Wildman–Crippen MR) is 178 cm³/mol. The summed E-state index contributed by atoms with van der Waals surface area (Å²) in [5.41, 5.74) is 2.78. The third-order valence-corrected chi connectivity index (χ3v) is 6.95. The molecule has 3 aromatic rings. The van der Waals surface area contributed by atoms with Crippen molar-refractivity contribution < 1.29 is 28.7 Å². The van der Waals surface area contributed by atoms with Crippen LogP contribution in [0.3, 0.4) is 0 Å². The number of hydrogen-bond donors (Lipinski definition) is 4. The Morgan fingerprint density at radius 2 is 1.33 bits per heavy atom. The maximum Gasteiger partial charge on any atom is 0.408 e. The van der Waals surface area contributed by atoms with Gasteiger partial charge in [-0.2, -0.15) is 0 Å². The van der Waals surface area contributed by atoms with E-state index in [1.54, 1.807) is 20.8 Å². The quantitative estimate of drug-likeness (QED) is 0.154. The van der Waals surface area contributed by atoms with E-state index in [1.165, 1.54) is 0 Å². The number of amides is 4. The van der Waals surface area contributed by atoms with Crippen molar-refractivity contribution in [1.29, 1.82) is 0 Å². The fourth-order valence-electron chi connectivity index (χ4n) is 4.54. The fraction of sp³-hybridized carbons (Fsp3) is 0.389. The monoisotopic (exact) mass is 630 g/mol. The molecule has 3 rings (SSSR count). The highest BCUT2D eigenvalue weighted by Gasteiger charge is 2.28. The molecule has 0 saturated heterocycles. The molecule has 46 heavy (non-hydrogen) atoms. The van der Waals surface area contributed by atoms with Crippen LogP contribution in [0.1, 0.15) is 63.6 Å². The molecule has 4 N–H and O–H groups in total.